The predicted octanol–water partition coefficient (Wildman–Crippen LogP) is 2.63. The second-order valence-corrected chi connectivity index (χ2v) is 3.78. The summed E-state index contributed by atoms with van der Waals surface area (Å²) >= 11 is 5.82. The monoisotopic (exact) mass is 244 g/mol. The van der Waals surface area contributed by atoms with E-state index in [0.717, 1.165) is 0 Å². The van der Waals surface area contributed by atoms with Gasteiger partial charge in [0.15, 0.2) is 11.5 Å². The van der Waals surface area contributed by atoms with Gasteiger partial charge in [-0.15, -0.1) is 0 Å². The maximum absolute atomic E-state index is 11.0. The number of phenols is 1. The summed E-state index contributed by atoms with van der Waals surface area (Å²) in [7, 11) is 1.39. The maximum atomic E-state index is 11.0. The number of halogens is 1. The number of rotatable bonds is 4. The molecule has 0 spiro atoms. The molecule has 0 aliphatic rings. The van der Waals surface area contributed by atoms with E-state index in [0.29, 0.717) is 11.4 Å². The van der Waals surface area contributed by atoms with Crippen molar-refractivity contribution in [3.8, 4) is 11.5 Å². The van der Waals surface area contributed by atoms with Crippen LogP contribution in [0.5, 0.6) is 11.5 Å². The molecule has 2 N–H and O–H groups in total. The minimum Gasteiger partial charge on any atom is -0.504 e. The molecular formula is C11H13ClO4. The van der Waals surface area contributed by atoms with Crippen LogP contribution in [0.25, 0.3) is 0 Å². The molecule has 4 nitrogen and oxygen atoms in total. The molecule has 5 heteroatoms. The quantitative estimate of drug-likeness (QED) is 0.855. The molecule has 16 heavy (non-hydrogen) atoms. The summed E-state index contributed by atoms with van der Waals surface area (Å²) in [5.41, 5.74) is 0.277. The van der Waals surface area contributed by atoms with Crippen molar-refractivity contribution in [3.63, 3.8) is 0 Å². The van der Waals surface area contributed by atoms with Gasteiger partial charge in [0.25, 0.3) is 0 Å². The van der Waals surface area contributed by atoms with Crippen LogP contribution >= 0.6 is 11.6 Å². The zero-order valence-electron chi connectivity index (χ0n) is 9.03. The summed E-state index contributed by atoms with van der Waals surface area (Å²) in [5, 5.41) is 19.2. The van der Waals surface area contributed by atoms with E-state index in [9.17, 15) is 9.90 Å². The third-order valence-corrected chi connectivity index (χ3v) is 2.59. The van der Waals surface area contributed by atoms with Crippen LogP contribution in [0, 0.1) is 0 Å². The number of ether oxygens (including phenoxy) is 1. The summed E-state index contributed by atoms with van der Waals surface area (Å²) in [6.07, 6.45) is 0.367. The summed E-state index contributed by atoms with van der Waals surface area (Å²) in [5.74, 6) is -1.77. The molecule has 0 bridgehead atoms. The fourth-order valence-electron chi connectivity index (χ4n) is 1.54. The Kier molecular flexibility index (Phi) is 4.01. The SMILES string of the molecule is CCC(C(=O)O)c1cc(Cl)cc(OC)c1O. The minimum absolute atomic E-state index is 0.166. The number of aliphatic carboxylic acids is 1. The van der Waals surface area contributed by atoms with Crippen LogP contribution in [-0.2, 0) is 4.79 Å². The fraction of sp³-hybridized carbons (Fsp3) is 0.364. The van der Waals surface area contributed by atoms with Gasteiger partial charge in [0.1, 0.15) is 0 Å². The van der Waals surface area contributed by atoms with Gasteiger partial charge in [-0.2, -0.15) is 0 Å². The van der Waals surface area contributed by atoms with Gasteiger partial charge in [-0.3, -0.25) is 4.79 Å². The molecule has 0 amide bonds. The summed E-state index contributed by atoms with van der Waals surface area (Å²) in [4.78, 5) is 11.0. The van der Waals surface area contributed by atoms with Crippen LogP contribution in [0.1, 0.15) is 24.8 Å². The Morgan fingerprint density at radius 1 is 1.56 bits per heavy atom. The highest BCUT2D eigenvalue weighted by Crippen LogP contribution is 2.38. The second-order valence-electron chi connectivity index (χ2n) is 3.34. The Morgan fingerprint density at radius 2 is 2.19 bits per heavy atom. The number of phenolic OH excluding ortho intramolecular Hbond substituents is 1. The summed E-state index contributed by atoms with van der Waals surface area (Å²) in [6, 6.07) is 2.89. The average Bonchev–Trinajstić information content (AvgIpc) is 2.23. The first-order valence-corrected chi connectivity index (χ1v) is 5.18. The van der Waals surface area contributed by atoms with Crippen LogP contribution in [0.3, 0.4) is 0 Å². The standard InChI is InChI=1S/C11H13ClO4/c1-3-7(11(14)15)8-4-6(12)5-9(16-2)10(8)13/h4-5,7,13H,3H2,1-2H3,(H,14,15). The van der Waals surface area contributed by atoms with Gasteiger partial charge in [0.2, 0.25) is 0 Å². The van der Waals surface area contributed by atoms with Crippen LogP contribution in [0.4, 0.5) is 0 Å². The van der Waals surface area contributed by atoms with Crippen molar-refractivity contribution in [2.75, 3.05) is 7.11 Å². The zero-order chi connectivity index (χ0) is 12.3. The van der Waals surface area contributed by atoms with Crippen LogP contribution in [0.2, 0.25) is 5.02 Å². The Bertz CT molecular complexity index is 403. The van der Waals surface area contributed by atoms with Crippen LogP contribution in [0.15, 0.2) is 12.1 Å². The molecule has 0 aromatic heterocycles. The molecule has 0 radical (unpaired) electrons. The minimum atomic E-state index is -0.998. The third-order valence-electron chi connectivity index (χ3n) is 2.37. The van der Waals surface area contributed by atoms with E-state index in [1.165, 1.54) is 19.2 Å². The zero-order valence-corrected chi connectivity index (χ0v) is 9.78. The highest BCUT2D eigenvalue weighted by Gasteiger charge is 2.23. The van der Waals surface area contributed by atoms with E-state index < -0.39 is 11.9 Å². The van der Waals surface area contributed by atoms with Crippen LogP contribution in [-0.4, -0.2) is 23.3 Å². The lowest BCUT2D eigenvalue weighted by Gasteiger charge is -2.14. The number of hydrogen-bond acceptors (Lipinski definition) is 3. The first-order valence-electron chi connectivity index (χ1n) is 4.80. The normalized spacial score (nSPS) is 12.2. The molecule has 0 fully saturated rings. The van der Waals surface area contributed by atoms with Gasteiger partial charge in [-0.1, -0.05) is 18.5 Å². The van der Waals surface area contributed by atoms with Gasteiger partial charge < -0.3 is 14.9 Å². The summed E-state index contributed by atoms with van der Waals surface area (Å²) in [6.45, 7) is 1.73. The second kappa shape index (κ2) is 5.07. The topological polar surface area (TPSA) is 66.8 Å². The molecule has 0 saturated heterocycles. The average molecular weight is 245 g/mol. The Morgan fingerprint density at radius 3 is 2.62 bits per heavy atom. The van der Waals surface area contributed by atoms with E-state index in [1.807, 2.05) is 0 Å². The lowest BCUT2D eigenvalue weighted by Crippen LogP contribution is -2.11. The molecule has 1 aromatic rings. The highest BCUT2D eigenvalue weighted by molar-refractivity contribution is 6.30. The Balaban J connectivity index is 3.31. The molecule has 0 saturated carbocycles. The van der Waals surface area contributed by atoms with Gasteiger partial charge in [-0.05, 0) is 12.5 Å². The maximum Gasteiger partial charge on any atom is 0.311 e. The number of carboxylic acids is 1. The molecular weight excluding hydrogens is 232 g/mol. The number of hydrogen-bond donors (Lipinski definition) is 2. The fourth-order valence-corrected chi connectivity index (χ4v) is 1.76. The summed E-state index contributed by atoms with van der Waals surface area (Å²) < 4.78 is 4.91. The Hall–Kier alpha value is -1.42. The Labute approximate surface area is 98.4 Å². The van der Waals surface area contributed by atoms with Gasteiger partial charge in [-0.25, -0.2) is 0 Å². The molecule has 1 unspecified atom stereocenters. The smallest absolute Gasteiger partial charge is 0.311 e. The van der Waals surface area contributed by atoms with Crippen molar-refractivity contribution in [2.24, 2.45) is 0 Å². The molecule has 0 aliphatic carbocycles. The van der Waals surface area contributed by atoms with E-state index in [2.05, 4.69) is 0 Å². The number of methoxy groups -OCH3 is 1. The van der Waals surface area contributed by atoms with Gasteiger partial charge >= 0.3 is 5.97 Å². The van der Waals surface area contributed by atoms with Crippen molar-refractivity contribution in [1.82, 2.24) is 0 Å². The van der Waals surface area contributed by atoms with Crippen molar-refractivity contribution in [1.29, 1.82) is 0 Å². The number of aromatic hydroxyl groups is 1. The largest absolute Gasteiger partial charge is 0.504 e. The van der Waals surface area contributed by atoms with Crippen LogP contribution < -0.4 is 4.74 Å². The van der Waals surface area contributed by atoms with Crippen molar-refractivity contribution >= 4 is 17.6 Å². The van der Waals surface area contributed by atoms with Crippen molar-refractivity contribution in [2.45, 2.75) is 19.3 Å². The number of carboxylic acid groups (broad SMARTS) is 1. The molecule has 1 atom stereocenters. The van der Waals surface area contributed by atoms with E-state index in [1.54, 1.807) is 6.92 Å². The third kappa shape index (κ3) is 2.39. The first-order chi connectivity index (χ1) is 7.51. The van der Waals surface area contributed by atoms with Gasteiger partial charge in [0, 0.05) is 16.7 Å². The molecule has 0 aliphatic heterocycles. The van der Waals surface area contributed by atoms with Crippen molar-refractivity contribution in [3.05, 3.63) is 22.7 Å². The van der Waals surface area contributed by atoms with Crippen molar-refractivity contribution < 1.29 is 19.7 Å². The molecule has 1 aromatic carbocycles. The molecule has 88 valence electrons. The first kappa shape index (κ1) is 12.6. The van der Waals surface area contributed by atoms with E-state index >= 15 is 0 Å². The highest BCUT2D eigenvalue weighted by atomic mass is 35.5. The predicted molar refractivity (Wildman–Crippen MR) is 60.3 cm³/mol. The lowest BCUT2D eigenvalue weighted by atomic mass is 9.95. The number of carbonyl (C=O) groups is 1. The molecule has 0 heterocycles. The lowest BCUT2D eigenvalue weighted by molar-refractivity contribution is -0.138. The van der Waals surface area contributed by atoms with Gasteiger partial charge in [0.05, 0.1) is 13.0 Å². The van der Waals surface area contributed by atoms with E-state index in [4.69, 9.17) is 21.4 Å². The van der Waals surface area contributed by atoms with E-state index in [-0.39, 0.29) is 17.1 Å². The molecule has 1 rings (SSSR count). The number of benzene rings is 1.